The number of carbonyl (C=O) groups excluding carboxylic acids is 2. The topological polar surface area (TPSA) is 90.2 Å². The van der Waals surface area contributed by atoms with E-state index in [1.807, 2.05) is 36.4 Å². The minimum Gasteiger partial charge on any atom is -0.493 e. The average molecular weight is 450 g/mol. The van der Waals surface area contributed by atoms with Crippen molar-refractivity contribution in [3.63, 3.8) is 0 Å². The van der Waals surface area contributed by atoms with Crippen LogP contribution in [0.25, 0.3) is 0 Å². The van der Waals surface area contributed by atoms with E-state index in [0.717, 1.165) is 11.3 Å². The van der Waals surface area contributed by atoms with E-state index in [9.17, 15) is 9.59 Å². The Morgan fingerprint density at radius 1 is 1.06 bits per heavy atom. The Hall–Kier alpha value is -3.78. The van der Waals surface area contributed by atoms with Crippen LogP contribution in [0.2, 0.25) is 0 Å². The first-order valence-corrected chi connectivity index (χ1v) is 10.6. The second-order valence-corrected chi connectivity index (χ2v) is 7.71. The molecule has 172 valence electrons. The maximum atomic E-state index is 12.9. The summed E-state index contributed by atoms with van der Waals surface area (Å²) in [6.07, 6.45) is 1.75. The van der Waals surface area contributed by atoms with Crippen LogP contribution in [-0.2, 0) is 27.5 Å². The van der Waals surface area contributed by atoms with Crippen molar-refractivity contribution in [3.05, 3.63) is 72.2 Å². The summed E-state index contributed by atoms with van der Waals surface area (Å²) in [7, 11) is 3.10. The molecule has 33 heavy (non-hydrogen) atoms. The number of amides is 2. The van der Waals surface area contributed by atoms with E-state index >= 15 is 0 Å². The second kappa shape index (κ2) is 10.2. The SMILES string of the molecule is COc1ccc(N2CC(C(=O)Nc3cccc(COCc4ccco4)c3)CC2=O)cc1OC. The first-order chi connectivity index (χ1) is 16.1. The molecule has 0 radical (unpaired) electrons. The highest BCUT2D eigenvalue weighted by atomic mass is 16.5. The van der Waals surface area contributed by atoms with Gasteiger partial charge < -0.3 is 28.8 Å². The largest absolute Gasteiger partial charge is 0.493 e. The van der Waals surface area contributed by atoms with Gasteiger partial charge in [-0.25, -0.2) is 0 Å². The Balaban J connectivity index is 1.36. The number of hydrogen-bond acceptors (Lipinski definition) is 6. The zero-order valence-corrected chi connectivity index (χ0v) is 18.6. The third kappa shape index (κ3) is 5.35. The number of nitrogens with zero attached hydrogens (tertiary/aromatic N) is 1. The van der Waals surface area contributed by atoms with E-state index in [4.69, 9.17) is 18.6 Å². The third-order valence-electron chi connectivity index (χ3n) is 5.46. The standard InChI is InChI=1S/C25H26N2O6/c1-30-22-9-8-20(13-23(22)31-2)27-14-18(12-24(27)28)25(29)26-19-6-3-5-17(11-19)15-32-16-21-7-4-10-33-21/h3-11,13,18H,12,14-16H2,1-2H3,(H,26,29). The monoisotopic (exact) mass is 450 g/mol. The van der Waals surface area contributed by atoms with Gasteiger partial charge in [0.1, 0.15) is 12.4 Å². The van der Waals surface area contributed by atoms with Gasteiger partial charge in [0.25, 0.3) is 0 Å². The zero-order chi connectivity index (χ0) is 23.2. The van der Waals surface area contributed by atoms with Crippen LogP contribution in [0.3, 0.4) is 0 Å². The van der Waals surface area contributed by atoms with E-state index in [1.54, 1.807) is 43.6 Å². The van der Waals surface area contributed by atoms with E-state index in [2.05, 4.69) is 5.32 Å². The Bertz CT molecular complexity index is 1110. The van der Waals surface area contributed by atoms with Gasteiger partial charge in [0.2, 0.25) is 11.8 Å². The van der Waals surface area contributed by atoms with Crippen molar-refractivity contribution in [2.24, 2.45) is 5.92 Å². The molecule has 1 fully saturated rings. The minimum atomic E-state index is -0.454. The number of ether oxygens (including phenoxy) is 3. The lowest BCUT2D eigenvalue weighted by molar-refractivity contribution is -0.122. The molecule has 2 aromatic carbocycles. The Kier molecular flexibility index (Phi) is 6.95. The number of rotatable bonds is 9. The molecule has 3 aromatic rings. The first-order valence-electron chi connectivity index (χ1n) is 10.6. The predicted octanol–water partition coefficient (Wildman–Crippen LogP) is 4.01. The molecule has 0 aliphatic carbocycles. The Morgan fingerprint density at radius 3 is 2.67 bits per heavy atom. The van der Waals surface area contributed by atoms with Gasteiger partial charge in [0.15, 0.2) is 11.5 Å². The molecule has 8 nitrogen and oxygen atoms in total. The third-order valence-corrected chi connectivity index (χ3v) is 5.46. The number of anilines is 2. The molecule has 4 rings (SSSR count). The molecule has 8 heteroatoms. The maximum Gasteiger partial charge on any atom is 0.229 e. The van der Waals surface area contributed by atoms with Crippen LogP contribution in [0, 0.1) is 5.92 Å². The quantitative estimate of drug-likeness (QED) is 0.530. The Labute approximate surface area is 192 Å². The van der Waals surface area contributed by atoms with Gasteiger partial charge in [-0.05, 0) is 42.0 Å². The van der Waals surface area contributed by atoms with Crippen LogP contribution < -0.4 is 19.7 Å². The molecule has 1 aliphatic rings. The molecule has 1 unspecified atom stereocenters. The molecular formula is C25H26N2O6. The molecule has 1 saturated heterocycles. The Morgan fingerprint density at radius 2 is 1.91 bits per heavy atom. The van der Waals surface area contributed by atoms with Gasteiger partial charge in [-0.2, -0.15) is 0 Å². The van der Waals surface area contributed by atoms with Crippen LogP contribution in [0.15, 0.2) is 65.3 Å². The van der Waals surface area contributed by atoms with Crippen LogP contribution in [0.5, 0.6) is 11.5 Å². The zero-order valence-electron chi connectivity index (χ0n) is 18.6. The van der Waals surface area contributed by atoms with E-state index in [-0.39, 0.29) is 18.2 Å². The molecule has 1 aromatic heterocycles. The van der Waals surface area contributed by atoms with E-state index < -0.39 is 5.92 Å². The molecule has 0 bridgehead atoms. The summed E-state index contributed by atoms with van der Waals surface area (Å²) in [4.78, 5) is 27.1. The summed E-state index contributed by atoms with van der Waals surface area (Å²) in [5.74, 6) is 1.10. The highest BCUT2D eigenvalue weighted by Crippen LogP contribution is 2.34. The fourth-order valence-corrected chi connectivity index (χ4v) is 3.77. The normalized spacial score (nSPS) is 15.5. The molecule has 1 atom stereocenters. The van der Waals surface area contributed by atoms with Crippen LogP contribution >= 0.6 is 0 Å². The summed E-state index contributed by atoms with van der Waals surface area (Å²) < 4.78 is 21.5. The number of carbonyl (C=O) groups is 2. The molecule has 1 N–H and O–H groups in total. The lowest BCUT2D eigenvalue weighted by atomic mass is 10.1. The number of methoxy groups -OCH3 is 2. The van der Waals surface area contributed by atoms with Crippen molar-refractivity contribution in [2.45, 2.75) is 19.6 Å². The summed E-state index contributed by atoms with van der Waals surface area (Å²) in [5.41, 5.74) is 2.26. The predicted molar refractivity (Wildman–Crippen MR) is 122 cm³/mol. The lowest BCUT2D eigenvalue weighted by Gasteiger charge is -2.18. The summed E-state index contributed by atoms with van der Waals surface area (Å²) in [5, 5.41) is 2.93. The van der Waals surface area contributed by atoms with Gasteiger partial charge in [-0.3, -0.25) is 9.59 Å². The maximum absolute atomic E-state index is 12.9. The van der Waals surface area contributed by atoms with Crippen molar-refractivity contribution in [2.75, 3.05) is 31.0 Å². The highest BCUT2D eigenvalue weighted by molar-refractivity contribution is 6.03. The molecule has 2 heterocycles. The smallest absolute Gasteiger partial charge is 0.229 e. The van der Waals surface area contributed by atoms with Gasteiger partial charge in [-0.1, -0.05) is 12.1 Å². The lowest BCUT2D eigenvalue weighted by Crippen LogP contribution is -2.28. The fraction of sp³-hybridized carbons (Fsp3) is 0.280. The van der Waals surface area contributed by atoms with Crippen molar-refractivity contribution < 1.29 is 28.2 Å². The average Bonchev–Trinajstić information content (AvgIpc) is 3.48. The van der Waals surface area contributed by atoms with E-state index in [1.165, 1.54) is 0 Å². The number of furan rings is 1. The van der Waals surface area contributed by atoms with Gasteiger partial charge in [0, 0.05) is 30.4 Å². The van der Waals surface area contributed by atoms with Crippen molar-refractivity contribution >= 4 is 23.2 Å². The van der Waals surface area contributed by atoms with Gasteiger partial charge in [0.05, 0.1) is 33.0 Å². The molecule has 0 saturated carbocycles. The van der Waals surface area contributed by atoms with Gasteiger partial charge in [-0.15, -0.1) is 0 Å². The van der Waals surface area contributed by atoms with Gasteiger partial charge >= 0.3 is 0 Å². The van der Waals surface area contributed by atoms with Crippen LogP contribution in [0.1, 0.15) is 17.7 Å². The highest BCUT2D eigenvalue weighted by Gasteiger charge is 2.35. The molecule has 0 spiro atoms. The fourth-order valence-electron chi connectivity index (χ4n) is 3.77. The first kappa shape index (κ1) is 22.4. The summed E-state index contributed by atoms with van der Waals surface area (Å²) >= 11 is 0. The minimum absolute atomic E-state index is 0.109. The molecule has 2 amide bonds. The second-order valence-electron chi connectivity index (χ2n) is 7.71. The van der Waals surface area contributed by atoms with Crippen LogP contribution in [0.4, 0.5) is 11.4 Å². The molecular weight excluding hydrogens is 424 g/mol. The van der Waals surface area contributed by atoms with Crippen molar-refractivity contribution in [1.29, 1.82) is 0 Å². The van der Waals surface area contributed by atoms with Crippen molar-refractivity contribution in [1.82, 2.24) is 0 Å². The van der Waals surface area contributed by atoms with E-state index in [0.29, 0.717) is 42.6 Å². The number of benzene rings is 2. The van der Waals surface area contributed by atoms with Crippen molar-refractivity contribution in [3.8, 4) is 11.5 Å². The number of nitrogens with one attached hydrogen (secondary N) is 1. The van der Waals surface area contributed by atoms with Crippen LogP contribution in [-0.4, -0.2) is 32.6 Å². The molecule has 1 aliphatic heterocycles. The number of hydrogen-bond donors (Lipinski definition) is 1. The summed E-state index contributed by atoms with van der Waals surface area (Å²) in [6, 6.07) is 16.4. The summed E-state index contributed by atoms with van der Waals surface area (Å²) in [6.45, 7) is 1.06.